The zero-order valence-electron chi connectivity index (χ0n) is 18.0. The average Bonchev–Trinajstić information content (AvgIpc) is 2.52. The van der Waals surface area contributed by atoms with E-state index < -0.39 is 22.8 Å². The molecule has 6 nitrogen and oxygen atoms in total. The topological polar surface area (TPSA) is 81.7 Å². The highest BCUT2D eigenvalue weighted by atomic mass is 35.5. The number of hydrogen-bond acceptors (Lipinski definition) is 6. The van der Waals surface area contributed by atoms with Crippen molar-refractivity contribution in [2.75, 3.05) is 6.54 Å². The highest BCUT2D eigenvalue weighted by Crippen LogP contribution is 2.32. The van der Waals surface area contributed by atoms with E-state index in [9.17, 15) is 14.4 Å². The summed E-state index contributed by atoms with van der Waals surface area (Å²) in [4.78, 5) is 36.9. The Kier molecular flexibility index (Phi) is 9.34. The normalized spacial score (nSPS) is 11.6. The van der Waals surface area contributed by atoms with E-state index in [1.54, 1.807) is 47.6 Å². The quantitative estimate of drug-likeness (QED) is 0.427. The summed E-state index contributed by atoms with van der Waals surface area (Å²) in [6.07, 6.45) is 0. The molecule has 0 spiro atoms. The van der Waals surface area contributed by atoms with Crippen molar-refractivity contribution in [1.29, 1.82) is 0 Å². The molecule has 0 aliphatic heterocycles. The number of ether oxygens (including phenoxy) is 2. The minimum absolute atomic E-state index is 0. The van der Waals surface area contributed by atoms with Crippen molar-refractivity contribution >= 4 is 30.1 Å². The van der Waals surface area contributed by atoms with Gasteiger partial charge < -0.3 is 14.8 Å². The lowest BCUT2D eigenvalue weighted by molar-refractivity contribution is -0.145. The Balaban J connectivity index is 0.00000729. The Bertz CT molecular complexity index is 714. The molecule has 158 valence electrons. The molecule has 0 aliphatic carbocycles. The zero-order chi connectivity index (χ0) is 21.0. The number of Topliss-reactive ketones (excluding diaryl/α,β-unsaturated/α-hetero) is 1. The maximum Gasteiger partial charge on any atom is 0.316 e. The van der Waals surface area contributed by atoms with Gasteiger partial charge in [0.05, 0.1) is 17.4 Å². The zero-order valence-corrected chi connectivity index (χ0v) is 18.8. The van der Waals surface area contributed by atoms with Crippen LogP contribution in [0.1, 0.15) is 65.7 Å². The number of carbonyl (C=O) groups excluding carboxylic acids is 3. The fraction of sp³-hybridized carbons (Fsp3) is 0.571. The van der Waals surface area contributed by atoms with Crippen LogP contribution in [-0.4, -0.2) is 30.3 Å². The second kappa shape index (κ2) is 10.0. The van der Waals surface area contributed by atoms with E-state index in [4.69, 9.17) is 9.47 Å². The van der Waals surface area contributed by atoms with Crippen molar-refractivity contribution in [2.24, 2.45) is 10.8 Å². The number of ketones is 1. The van der Waals surface area contributed by atoms with Crippen LogP contribution in [0, 0.1) is 10.8 Å². The highest BCUT2D eigenvalue weighted by molar-refractivity contribution is 5.98. The number of halogens is 1. The lowest BCUT2D eigenvalue weighted by Crippen LogP contribution is -2.29. The molecule has 0 saturated heterocycles. The molecule has 0 fully saturated rings. The Labute approximate surface area is 173 Å². The molecule has 1 rings (SSSR count). The Morgan fingerprint density at radius 2 is 1.36 bits per heavy atom. The third kappa shape index (κ3) is 7.98. The molecule has 0 unspecified atom stereocenters. The van der Waals surface area contributed by atoms with E-state index >= 15 is 0 Å². The molecule has 0 aliphatic rings. The van der Waals surface area contributed by atoms with Gasteiger partial charge in [-0.1, -0.05) is 13.8 Å². The van der Waals surface area contributed by atoms with Crippen molar-refractivity contribution < 1.29 is 23.9 Å². The van der Waals surface area contributed by atoms with Gasteiger partial charge in [-0.3, -0.25) is 14.4 Å². The van der Waals surface area contributed by atoms with Gasteiger partial charge in [0.2, 0.25) is 0 Å². The molecule has 1 aromatic carbocycles. The molecule has 7 heteroatoms. The monoisotopic (exact) mass is 413 g/mol. The summed E-state index contributed by atoms with van der Waals surface area (Å²) >= 11 is 0. The first kappa shape index (κ1) is 26.1. The van der Waals surface area contributed by atoms with Crippen LogP contribution < -0.4 is 14.8 Å². The van der Waals surface area contributed by atoms with Gasteiger partial charge in [-0.15, -0.1) is 12.4 Å². The SMILES string of the molecule is CC(C)NCC(=O)c1ccc(OC(=O)C(C)(C)C)c(OC(=O)C(C)(C)C)c1.Cl. The van der Waals surface area contributed by atoms with E-state index in [1.807, 2.05) is 13.8 Å². The smallest absolute Gasteiger partial charge is 0.316 e. The summed E-state index contributed by atoms with van der Waals surface area (Å²) in [6.45, 7) is 14.4. The summed E-state index contributed by atoms with van der Waals surface area (Å²) < 4.78 is 10.9. The second-order valence-electron chi connectivity index (χ2n) is 8.90. The molecule has 1 N–H and O–H groups in total. The summed E-state index contributed by atoms with van der Waals surface area (Å²) in [7, 11) is 0. The van der Waals surface area contributed by atoms with Crippen LogP contribution in [0.15, 0.2) is 18.2 Å². The molecular weight excluding hydrogens is 382 g/mol. The Hall–Kier alpha value is -1.92. The maximum absolute atomic E-state index is 12.4. The van der Waals surface area contributed by atoms with Crippen LogP contribution in [0.2, 0.25) is 0 Å². The fourth-order valence-corrected chi connectivity index (χ4v) is 1.75. The van der Waals surface area contributed by atoms with E-state index in [0.29, 0.717) is 5.56 Å². The van der Waals surface area contributed by atoms with Gasteiger partial charge in [0.15, 0.2) is 17.3 Å². The number of nitrogens with one attached hydrogen (secondary N) is 1. The van der Waals surface area contributed by atoms with Crippen LogP contribution in [0.25, 0.3) is 0 Å². The number of rotatable bonds is 6. The molecule has 0 heterocycles. The van der Waals surface area contributed by atoms with Gasteiger partial charge >= 0.3 is 11.9 Å². The van der Waals surface area contributed by atoms with E-state index in [2.05, 4.69) is 5.32 Å². The average molecular weight is 414 g/mol. The molecule has 1 aromatic rings. The van der Waals surface area contributed by atoms with Crippen LogP contribution in [-0.2, 0) is 9.59 Å². The number of esters is 2. The van der Waals surface area contributed by atoms with Gasteiger partial charge in [-0.25, -0.2) is 0 Å². The molecule has 0 atom stereocenters. The predicted molar refractivity (Wildman–Crippen MR) is 111 cm³/mol. The van der Waals surface area contributed by atoms with Crippen molar-refractivity contribution in [3.05, 3.63) is 23.8 Å². The van der Waals surface area contributed by atoms with Crippen LogP contribution in [0.5, 0.6) is 11.5 Å². The first-order valence-corrected chi connectivity index (χ1v) is 9.07. The Morgan fingerprint density at radius 1 is 0.893 bits per heavy atom. The van der Waals surface area contributed by atoms with E-state index in [0.717, 1.165) is 0 Å². The maximum atomic E-state index is 12.4. The minimum atomic E-state index is -0.746. The lowest BCUT2D eigenvalue weighted by Gasteiger charge is -2.20. The van der Waals surface area contributed by atoms with Crippen molar-refractivity contribution in [1.82, 2.24) is 5.32 Å². The van der Waals surface area contributed by atoms with Crippen molar-refractivity contribution in [3.8, 4) is 11.5 Å². The molecule has 0 saturated carbocycles. The van der Waals surface area contributed by atoms with E-state index in [1.165, 1.54) is 12.1 Å². The largest absolute Gasteiger partial charge is 0.422 e. The fourth-order valence-electron chi connectivity index (χ4n) is 1.75. The molecule has 28 heavy (non-hydrogen) atoms. The third-order valence-corrected chi connectivity index (χ3v) is 3.57. The van der Waals surface area contributed by atoms with Crippen LogP contribution in [0.4, 0.5) is 0 Å². The van der Waals surface area contributed by atoms with Gasteiger partial charge in [-0.2, -0.15) is 0 Å². The molecule has 0 bridgehead atoms. The number of hydrogen-bond donors (Lipinski definition) is 1. The summed E-state index contributed by atoms with van der Waals surface area (Å²) in [6, 6.07) is 4.65. The van der Waals surface area contributed by atoms with Crippen LogP contribution >= 0.6 is 12.4 Å². The predicted octanol–water partition coefficient (Wildman–Crippen LogP) is 4.19. The number of benzene rings is 1. The summed E-state index contributed by atoms with van der Waals surface area (Å²) in [5, 5.41) is 3.05. The van der Waals surface area contributed by atoms with Crippen molar-refractivity contribution in [3.63, 3.8) is 0 Å². The van der Waals surface area contributed by atoms with Crippen molar-refractivity contribution in [2.45, 2.75) is 61.4 Å². The molecule has 0 amide bonds. The number of carbonyl (C=O) groups is 3. The van der Waals surface area contributed by atoms with E-state index in [-0.39, 0.29) is 42.3 Å². The molecule has 0 radical (unpaired) electrons. The van der Waals surface area contributed by atoms with Gasteiger partial charge in [0.1, 0.15) is 0 Å². The second-order valence-corrected chi connectivity index (χ2v) is 8.90. The standard InChI is InChI=1S/C21H31NO5.ClH/c1-13(2)22-12-15(23)14-9-10-16(26-18(24)20(3,4)5)17(11-14)27-19(25)21(6,7)8;/h9-11,13,22H,12H2,1-8H3;1H. The van der Waals surface area contributed by atoms with Gasteiger partial charge in [0.25, 0.3) is 0 Å². The highest BCUT2D eigenvalue weighted by Gasteiger charge is 2.28. The summed E-state index contributed by atoms with van der Waals surface area (Å²) in [5.74, 6) is -0.925. The lowest BCUT2D eigenvalue weighted by atomic mass is 9.97. The van der Waals surface area contributed by atoms with Crippen LogP contribution in [0.3, 0.4) is 0 Å². The first-order chi connectivity index (χ1) is 12.2. The first-order valence-electron chi connectivity index (χ1n) is 9.07. The molecular formula is C21H32ClNO5. The summed E-state index contributed by atoms with van der Waals surface area (Å²) in [5.41, 5.74) is -1.10. The Morgan fingerprint density at radius 3 is 1.79 bits per heavy atom. The van der Waals surface area contributed by atoms with Gasteiger partial charge in [-0.05, 0) is 59.7 Å². The molecule has 0 aromatic heterocycles. The third-order valence-electron chi connectivity index (χ3n) is 3.57. The minimum Gasteiger partial charge on any atom is -0.422 e. The van der Waals surface area contributed by atoms with Gasteiger partial charge in [0, 0.05) is 11.6 Å².